The highest BCUT2D eigenvalue weighted by molar-refractivity contribution is 5.49. The zero-order chi connectivity index (χ0) is 8.69. The quantitative estimate of drug-likeness (QED) is 0.539. The highest BCUT2D eigenvalue weighted by atomic mass is 16.1. The van der Waals surface area contributed by atoms with Gasteiger partial charge in [0.2, 0.25) is 0 Å². The molecule has 0 amide bonds. The van der Waals surface area contributed by atoms with Crippen molar-refractivity contribution in [2.45, 2.75) is 40.0 Å². The lowest BCUT2D eigenvalue weighted by Crippen LogP contribution is -1.97. The van der Waals surface area contributed by atoms with E-state index >= 15 is 0 Å². The molecule has 0 aromatic rings. The summed E-state index contributed by atoms with van der Waals surface area (Å²) in [6, 6.07) is 0. The fourth-order valence-corrected chi connectivity index (χ4v) is 0.975. The summed E-state index contributed by atoms with van der Waals surface area (Å²) in [5.41, 5.74) is 0. The monoisotopic (exact) mass is 155 g/mol. The van der Waals surface area contributed by atoms with Crippen LogP contribution in [0.2, 0.25) is 0 Å². The second kappa shape index (κ2) is 6.38. The lowest BCUT2D eigenvalue weighted by Gasteiger charge is -2.07. The van der Waals surface area contributed by atoms with E-state index in [1.165, 1.54) is 6.42 Å². The largest absolute Gasteiger partial charge is 0.303 e. The van der Waals surface area contributed by atoms with Crippen molar-refractivity contribution in [1.82, 2.24) is 0 Å². The van der Waals surface area contributed by atoms with Crippen LogP contribution in [0.15, 0.2) is 0 Å². The molecule has 11 heavy (non-hydrogen) atoms. The standard InChI is InChI=1S/C10H19O/c1-9(2)5-4-6-10(3)7-8-11/h4,8-10H,5-7H2,1-3H3/t10-/m0/s1. The minimum absolute atomic E-state index is 0.534. The van der Waals surface area contributed by atoms with Crippen LogP contribution in [0.25, 0.3) is 0 Å². The van der Waals surface area contributed by atoms with Crippen LogP contribution < -0.4 is 0 Å². The average Bonchev–Trinajstić information content (AvgIpc) is 1.87. The molecule has 0 aromatic heterocycles. The molecule has 1 nitrogen and oxygen atoms in total. The molecule has 0 bridgehead atoms. The van der Waals surface area contributed by atoms with Crippen molar-refractivity contribution >= 4 is 6.29 Å². The molecule has 0 aliphatic carbocycles. The number of carbonyl (C=O) groups excluding carboxylic acids is 1. The summed E-state index contributed by atoms with van der Waals surface area (Å²) in [6.45, 7) is 6.53. The molecule has 0 unspecified atom stereocenters. The van der Waals surface area contributed by atoms with Crippen molar-refractivity contribution in [3.05, 3.63) is 6.42 Å². The van der Waals surface area contributed by atoms with Crippen LogP contribution >= 0.6 is 0 Å². The molecule has 0 saturated carbocycles. The van der Waals surface area contributed by atoms with Crippen molar-refractivity contribution in [2.24, 2.45) is 11.8 Å². The minimum atomic E-state index is 0.534. The van der Waals surface area contributed by atoms with Gasteiger partial charge in [-0.05, 0) is 31.1 Å². The number of hydrogen-bond donors (Lipinski definition) is 0. The first-order valence-corrected chi connectivity index (χ1v) is 4.42. The van der Waals surface area contributed by atoms with Crippen LogP contribution in [0.4, 0.5) is 0 Å². The molecule has 0 aliphatic rings. The normalized spacial score (nSPS) is 13.5. The third kappa shape index (κ3) is 7.57. The maximum Gasteiger partial charge on any atom is 0.120 e. The topological polar surface area (TPSA) is 17.1 Å². The van der Waals surface area contributed by atoms with Gasteiger partial charge in [-0.1, -0.05) is 20.8 Å². The number of carbonyl (C=O) groups is 1. The SMILES string of the molecule is CC(C)C[CH]C[C@H](C)CC=O. The fraction of sp³-hybridized carbons (Fsp3) is 0.800. The van der Waals surface area contributed by atoms with E-state index < -0.39 is 0 Å². The van der Waals surface area contributed by atoms with Gasteiger partial charge in [-0.15, -0.1) is 0 Å². The molecule has 1 heteroatoms. The first kappa shape index (κ1) is 10.7. The minimum Gasteiger partial charge on any atom is -0.303 e. The molecule has 0 aliphatic heterocycles. The number of rotatable bonds is 6. The molecule has 1 atom stereocenters. The highest BCUT2D eigenvalue weighted by Gasteiger charge is 2.01. The molecule has 0 aromatic carbocycles. The van der Waals surface area contributed by atoms with Crippen LogP contribution in [-0.2, 0) is 4.79 Å². The van der Waals surface area contributed by atoms with Crippen LogP contribution in [0.5, 0.6) is 0 Å². The van der Waals surface area contributed by atoms with E-state index in [-0.39, 0.29) is 0 Å². The van der Waals surface area contributed by atoms with Crippen LogP contribution in [0.3, 0.4) is 0 Å². The van der Waals surface area contributed by atoms with Gasteiger partial charge in [0.15, 0.2) is 0 Å². The summed E-state index contributed by atoms with van der Waals surface area (Å²) in [6.07, 6.45) is 6.25. The van der Waals surface area contributed by atoms with Crippen molar-refractivity contribution in [3.63, 3.8) is 0 Å². The molecule has 0 fully saturated rings. The average molecular weight is 155 g/mol. The van der Waals surface area contributed by atoms with E-state index in [4.69, 9.17) is 0 Å². The molecule has 0 heterocycles. The van der Waals surface area contributed by atoms with Gasteiger partial charge in [0.05, 0.1) is 0 Å². The Labute approximate surface area is 70.2 Å². The smallest absolute Gasteiger partial charge is 0.120 e. The van der Waals surface area contributed by atoms with Gasteiger partial charge in [0.1, 0.15) is 6.29 Å². The maximum atomic E-state index is 10.1. The molecule has 0 N–H and O–H groups in total. The Hall–Kier alpha value is -0.330. The lowest BCUT2D eigenvalue weighted by molar-refractivity contribution is -0.108. The fourth-order valence-electron chi connectivity index (χ4n) is 0.975. The Balaban J connectivity index is 3.16. The van der Waals surface area contributed by atoms with Gasteiger partial charge in [-0.25, -0.2) is 0 Å². The summed E-state index contributed by atoms with van der Waals surface area (Å²) in [5, 5.41) is 0. The van der Waals surface area contributed by atoms with Crippen LogP contribution in [0.1, 0.15) is 40.0 Å². The Morgan fingerprint density at radius 2 is 1.73 bits per heavy atom. The van der Waals surface area contributed by atoms with Gasteiger partial charge < -0.3 is 4.79 Å². The maximum absolute atomic E-state index is 10.1. The molecule has 65 valence electrons. The zero-order valence-electron chi connectivity index (χ0n) is 7.84. The van der Waals surface area contributed by atoms with Gasteiger partial charge in [-0.3, -0.25) is 0 Å². The first-order chi connectivity index (χ1) is 5.16. The Morgan fingerprint density at radius 1 is 1.09 bits per heavy atom. The van der Waals surface area contributed by atoms with E-state index in [1.807, 2.05) is 0 Å². The third-order valence-electron chi connectivity index (χ3n) is 1.71. The molecular weight excluding hydrogens is 136 g/mol. The number of aldehydes is 1. The van der Waals surface area contributed by atoms with E-state index in [0.29, 0.717) is 12.3 Å². The van der Waals surface area contributed by atoms with Crippen LogP contribution in [0, 0.1) is 18.3 Å². The second-order valence-electron chi connectivity index (χ2n) is 3.66. The van der Waals surface area contributed by atoms with E-state index in [9.17, 15) is 4.79 Å². The zero-order valence-corrected chi connectivity index (χ0v) is 7.84. The molecule has 1 radical (unpaired) electrons. The van der Waals surface area contributed by atoms with Crippen LogP contribution in [-0.4, -0.2) is 6.29 Å². The predicted molar refractivity (Wildman–Crippen MR) is 48.2 cm³/mol. The van der Waals surface area contributed by atoms with Gasteiger partial charge in [-0.2, -0.15) is 0 Å². The second-order valence-corrected chi connectivity index (χ2v) is 3.66. The number of hydrogen-bond acceptors (Lipinski definition) is 1. The molecular formula is C10H19O. The lowest BCUT2D eigenvalue weighted by atomic mass is 9.98. The van der Waals surface area contributed by atoms with Crippen molar-refractivity contribution in [1.29, 1.82) is 0 Å². The summed E-state index contributed by atoms with van der Waals surface area (Å²) in [5.74, 6) is 1.28. The predicted octanol–water partition coefficient (Wildman–Crippen LogP) is 2.85. The summed E-state index contributed by atoms with van der Waals surface area (Å²) >= 11 is 0. The van der Waals surface area contributed by atoms with E-state index in [0.717, 1.165) is 18.6 Å². The summed E-state index contributed by atoms with van der Waals surface area (Å²) < 4.78 is 0. The van der Waals surface area contributed by atoms with Gasteiger partial charge >= 0.3 is 0 Å². The van der Waals surface area contributed by atoms with Crippen molar-refractivity contribution in [2.75, 3.05) is 0 Å². The molecule has 0 rings (SSSR count). The van der Waals surface area contributed by atoms with Gasteiger partial charge in [0.25, 0.3) is 0 Å². The molecule has 0 saturated heterocycles. The van der Waals surface area contributed by atoms with Gasteiger partial charge in [0, 0.05) is 6.42 Å². The Morgan fingerprint density at radius 3 is 2.18 bits per heavy atom. The van der Waals surface area contributed by atoms with Crippen molar-refractivity contribution < 1.29 is 4.79 Å². The van der Waals surface area contributed by atoms with Crippen molar-refractivity contribution in [3.8, 4) is 0 Å². The third-order valence-corrected chi connectivity index (χ3v) is 1.71. The summed E-state index contributed by atoms with van der Waals surface area (Å²) in [4.78, 5) is 10.1. The van der Waals surface area contributed by atoms with E-state index in [1.54, 1.807) is 0 Å². The Bertz CT molecular complexity index is 97.0. The summed E-state index contributed by atoms with van der Waals surface area (Å²) in [7, 11) is 0. The Kier molecular flexibility index (Phi) is 6.19. The first-order valence-electron chi connectivity index (χ1n) is 4.42. The molecule has 0 spiro atoms. The highest BCUT2D eigenvalue weighted by Crippen LogP contribution is 2.12. The van der Waals surface area contributed by atoms with E-state index in [2.05, 4.69) is 27.2 Å².